The van der Waals surface area contributed by atoms with E-state index < -0.39 is 24.6 Å². The minimum absolute atomic E-state index is 0.0136. The number of aromatic nitrogens is 2. The Morgan fingerprint density at radius 3 is 2.48 bits per heavy atom. The number of ether oxygens (including phenoxy) is 3. The molecule has 2 bridgehead atoms. The molecular formula is C35H34Cl2F2N4O7S2. The third-order valence-corrected chi connectivity index (χ3v) is 12.2. The molecule has 8 rings (SSSR count). The monoisotopic (exact) mass is 794 g/mol. The van der Waals surface area contributed by atoms with Crippen LogP contribution in [0.15, 0.2) is 48.2 Å². The molecule has 11 nitrogen and oxygen atoms in total. The molecule has 0 unspecified atom stereocenters. The predicted molar refractivity (Wildman–Crippen MR) is 191 cm³/mol. The third-order valence-electron chi connectivity index (χ3n) is 9.64. The number of anilines is 1. The second-order valence-electron chi connectivity index (χ2n) is 13.2. The summed E-state index contributed by atoms with van der Waals surface area (Å²) in [5, 5.41) is 24.9. The zero-order chi connectivity index (χ0) is 36.5. The molecule has 6 heterocycles. The van der Waals surface area contributed by atoms with Crippen molar-refractivity contribution in [2.75, 3.05) is 31.1 Å². The van der Waals surface area contributed by atoms with E-state index in [0.717, 1.165) is 62.5 Å². The average Bonchev–Trinajstić information content (AvgIpc) is 3.58. The van der Waals surface area contributed by atoms with Gasteiger partial charge in [-0.1, -0.05) is 29.3 Å². The maximum atomic E-state index is 13.8. The van der Waals surface area contributed by atoms with Crippen molar-refractivity contribution in [3.63, 3.8) is 0 Å². The number of aromatic carboxylic acids is 1. The number of alkyl halides is 2. The fourth-order valence-corrected chi connectivity index (χ4v) is 9.07. The smallest absolute Gasteiger partial charge is 0.416 e. The van der Waals surface area contributed by atoms with Crippen LogP contribution < -0.4 is 19.1 Å². The first-order chi connectivity index (χ1) is 25.0. The minimum Gasteiger partial charge on any atom is -0.619 e. The summed E-state index contributed by atoms with van der Waals surface area (Å²) in [6, 6.07) is 6.17. The summed E-state index contributed by atoms with van der Waals surface area (Å²) >= 11 is 15.3. The van der Waals surface area contributed by atoms with Gasteiger partial charge >= 0.3 is 18.7 Å². The molecule has 1 amide bonds. The van der Waals surface area contributed by atoms with Crippen molar-refractivity contribution in [1.82, 2.24) is 9.88 Å². The number of rotatable bonds is 14. The summed E-state index contributed by atoms with van der Waals surface area (Å²) in [6.07, 6.45) is 6.92. The maximum Gasteiger partial charge on any atom is 0.416 e. The fraction of sp³-hybridized carbons (Fsp3) is 0.429. The number of halogens is 4. The molecule has 17 heteroatoms. The standard InChI is InChI=1S/C35H34Cl2F2N4O7S2/c36-26-15-42(47)16-27(37)25(26)13-23(21-3-4-28(49-33(38)39)29(11-21)48-18-19-1-2-19)24-12-22(52-31(24)32(44)45)14-43(34-40-7-10-51-34)35(46)50-30-17-41-8-5-20(30)6-9-41/h3-4,7,10-12,15-16,19-20,23,30,33H,1-2,5-6,8-9,13-14,17-18H2,(H,44,45)/t23-,30-/m0/s1. The van der Waals surface area contributed by atoms with Crippen LogP contribution in [0, 0.1) is 17.0 Å². The van der Waals surface area contributed by atoms with Crippen LogP contribution in [-0.2, 0) is 17.7 Å². The van der Waals surface area contributed by atoms with Crippen molar-refractivity contribution in [2.24, 2.45) is 11.8 Å². The Morgan fingerprint density at radius 2 is 1.87 bits per heavy atom. The molecule has 1 saturated carbocycles. The van der Waals surface area contributed by atoms with Crippen molar-refractivity contribution in [1.29, 1.82) is 0 Å². The summed E-state index contributed by atoms with van der Waals surface area (Å²) in [4.78, 5) is 35.2. The fourth-order valence-electron chi connectivity index (χ4n) is 6.79. The molecule has 52 heavy (non-hydrogen) atoms. The molecule has 1 aliphatic carbocycles. The van der Waals surface area contributed by atoms with E-state index >= 15 is 0 Å². The Balaban J connectivity index is 1.26. The van der Waals surface area contributed by atoms with E-state index in [4.69, 9.17) is 37.4 Å². The lowest BCUT2D eigenvalue weighted by Crippen LogP contribution is -2.53. The van der Waals surface area contributed by atoms with Crippen LogP contribution in [0.4, 0.5) is 18.7 Å². The van der Waals surface area contributed by atoms with Crippen LogP contribution in [0.3, 0.4) is 0 Å². The van der Waals surface area contributed by atoms with Crippen molar-refractivity contribution >= 4 is 63.1 Å². The summed E-state index contributed by atoms with van der Waals surface area (Å²) in [5.41, 5.74) is 1.24. The third kappa shape index (κ3) is 8.38. The van der Waals surface area contributed by atoms with Gasteiger partial charge in [0.25, 0.3) is 0 Å². The van der Waals surface area contributed by atoms with E-state index in [1.807, 2.05) is 0 Å². The maximum absolute atomic E-state index is 13.8. The number of nitrogens with zero attached hydrogens (tertiary/aromatic N) is 4. The first-order valence-corrected chi connectivity index (χ1v) is 19.2. The Labute approximate surface area is 315 Å². The number of carbonyl (C=O) groups excluding carboxylic acids is 1. The highest BCUT2D eigenvalue weighted by atomic mass is 35.5. The number of pyridine rings is 1. The Morgan fingerprint density at radius 1 is 1.12 bits per heavy atom. The van der Waals surface area contributed by atoms with Gasteiger partial charge in [-0.05, 0) is 86.4 Å². The molecular weight excluding hydrogens is 761 g/mol. The number of carboxylic acids is 1. The molecule has 4 fully saturated rings. The largest absolute Gasteiger partial charge is 0.619 e. The molecule has 3 aromatic heterocycles. The van der Waals surface area contributed by atoms with Crippen LogP contribution >= 0.6 is 45.9 Å². The van der Waals surface area contributed by atoms with E-state index in [9.17, 15) is 28.7 Å². The van der Waals surface area contributed by atoms with Crippen molar-refractivity contribution in [3.8, 4) is 11.5 Å². The summed E-state index contributed by atoms with van der Waals surface area (Å²) in [7, 11) is 0. The first-order valence-electron chi connectivity index (χ1n) is 16.8. The van der Waals surface area contributed by atoms with Gasteiger partial charge in [0, 0.05) is 34.5 Å². The zero-order valence-corrected chi connectivity index (χ0v) is 30.7. The molecule has 4 aliphatic rings. The number of thiazole rings is 1. The summed E-state index contributed by atoms with van der Waals surface area (Å²) < 4.78 is 44.0. The molecule has 0 radical (unpaired) electrons. The normalized spacial score (nSPS) is 20.1. The van der Waals surface area contributed by atoms with E-state index in [1.165, 1.54) is 22.3 Å². The van der Waals surface area contributed by atoms with Crippen LogP contribution in [0.2, 0.25) is 10.0 Å². The van der Waals surface area contributed by atoms with Crippen molar-refractivity contribution in [3.05, 3.63) is 89.9 Å². The predicted octanol–water partition coefficient (Wildman–Crippen LogP) is 7.85. The molecule has 4 aromatic rings. The number of fused-ring (bicyclic) bond motifs is 3. The molecule has 3 aliphatic heterocycles. The van der Waals surface area contributed by atoms with E-state index in [-0.39, 0.29) is 51.4 Å². The number of carboxylic acid groups (broad SMARTS) is 1. The number of piperidine rings is 3. The van der Waals surface area contributed by atoms with E-state index in [2.05, 4.69) is 9.88 Å². The Hall–Kier alpha value is -3.76. The number of carbonyl (C=O) groups is 2. The second-order valence-corrected chi connectivity index (χ2v) is 16.0. The highest BCUT2D eigenvalue weighted by Crippen LogP contribution is 2.42. The lowest BCUT2D eigenvalue weighted by atomic mass is 9.85. The number of amides is 1. The minimum atomic E-state index is -3.10. The lowest BCUT2D eigenvalue weighted by Gasteiger charge is -2.44. The molecule has 1 N–H and O–H groups in total. The Kier molecular flexibility index (Phi) is 11.0. The summed E-state index contributed by atoms with van der Waals surface area (Å²) in [6.45, 7) is -0.177. The van der Waals surface area contributed by atoms with Crippen molar-refractivity contribution < 1.29 is 42.4 Å². The van der Waals surface area contributed by atoms with E-state index in [1.54, 1.807) is 29.8 Å². The Bertz CT molecular complexity index is 1900. The number of hydrogen-bond acceptors (Lipinski definition) is 10. The van der Waals surface area contributed by atoms with Crippen LogP contribution in [-0.4, -0.2) is 66.0 Å². The molecule has 1 aromatic carbocycles. The highest BCUT2D eigenvalue weighted by Gasteiger charge is 2.38. The van der Waals surface area contributed by atoms with Crippen molar-refractivity contribution in [2.45, 2.75) is 57.3 Å². The quantitative estimate of drug-likeness (QED) is 0.100. The molecule has 0 spiro atoms. The number of benzene rings is 1. The van der Waals surface area contributed by atoms with Gasteiger partial charge in [-0.25, -0.2) is 19.5 Å². The van der Waals surface area contributed by atoms with Gasteiger partial charge in [0.05, 0.1) is 13.2 Å². The van der Waals surface area contributed by atoms with Gasteiger partial charge in [-0.2, -0.15) is 13.5 Å². The van der Waals surface area contributed by atoms with Crippen LogP contribution in [0.25, 0.3) is 0 Å². The number of hydrogen-bond donors (Lipinski definition) is 1. The highest BCUT2D eigenvalue weighted by molar-refractivity contribution is 7.14. The second kappa shape index (κ2) is 15.7. The van der Waals surface area contributed by atoms with E-state index in [0.29, 0.717) is 50.5 Å². The lowest BCUT2D eigenvalue weighted by molar-refractivity contribution is -0.605. The number of thiophene rings is 1. The zero-order valence-electron chi connectivity index (χ0n) is 27.6. The van der Waals surface area contributed by atoms with Gasteiger partial charge in [0.2, 0.25) is 0 Å². The summed E-state index contributed by atoms with van der Waals surface area (Å²) in [5.74, 6) is -1.48. The van der Waals surface area contributed by atoms with Gasteiger partial charge in [-0.15, -0.1) is 22.7 Å². The molecule has 3 saturated heterocycles. The van der Waals surface area contributed by atoms with Crippen LogP contribution in [0.1, 0.15) is 62.8 Å². The average molecular weight is 796 g/mol. The first kappa shape index (κ1) is 36.6. The van der Waals surface area contributed by atoms with Gasteiger partial charge in [0.1, 0.15) is 21.0 Å². The van der Waals surface area contributed by atoms with Gasteiger partial charge in [-0.3, -0.25) is 4.90 Å². The molecule has 2 atom stereocenters. The van der Waals surface area contributed by atoms with Gasteiger partial charge in [0.15, 0.2) is 29.0 Å². The van der Waals surface area contributed by atoms with Gasteiger partial charge < -0.3 is 24.5 Å². The molecule has 276 valence electrons. The SMILES string of the molecule is O=C(O)c1sc(CN(C(=O)O[C@H]2CN3CCC2CC3)c2nccs2)cc1[C@@H](Cc1c(Cl)c[n+]([O-])cc1Cl)c1ccc(OC(F)F)c(OCC2CC2)c1. The van der Waals surface area contributed by atoms with Crippen LogP contribution in [0.5, 0.6) is 11.5 Å². The topological polar surface area (TPSA) is 128 Å².